The summed E-state index contributed by atoms with van der Waals surface area (Å²) < 4.78 is 27.3. The fraction of sp³-hybridized carbons (Fsp3) is 0.500. The SMILES string of the molecule is CN(C)S(=O)(=O)N=C(N)NC(=O)c1nc(Cl)c(N2CCCC2)nc1N. The molecule has 1 aliphatic heterocycles. The first-order chi connectivity index (χ1) is 11.6. The molecule has 1 aromatic rings. The van der Waals surface area contributed by atoms with Crippen LogP contribution in [0.3, 0.4) is 0 Å². The van der Waals surface area contributed by atoms with Crippen LogP contribution in [0.5, 0.6) is 0 Å². The van der Waals surface area contributed by atoms with Gasteiger partial charge >= 0.3 is 10.2 Å². The van der Waals surface area contributed by atoms with E-state index in [0.717, 1.165) is 30.2 Å². The average Bonchev–Trinajstić information content (AvgIpc) is 3.02. The standard InChI is InChI=1S/C12H19ClN8O3S/c1-20(2)25(23,24)19-12(15)18-11(22)7-9(14)17-10(8(13)16-7)21-5-3-4-6-21/h3-6H2,1-2H3,(H2,14,17)(H3,15,18,19,22). The predicted octanol–water partition coefficient (Wildman–Crippen LogP) is -0.837. The quantitative estimate of drug-likeness (QED) is 0.443. The maximum atomic E-state index is 12.2. The number of rotatable bonds is 4. The summed E-state index contributed by atoms with van der Waals surface area (Å²) in [5, 5.41) is 2.12. The van der Waals surface area contributed by atoms with E-state index in [9.17, 15) is 13.2 Å². The number of hydrogen-bond acceptors (Lipinski definition) is 7. The lowest BCUT2D eigenvalue weighted by atomic mass is 10.3. The van der Waals surface area contributed by atoms with E-state index >= 15 is 0 Å². The van der Waals surface area contributed by atoms with Crippen LogP contribution in [0.1, 0.15) is 23.3 Å². The fourth-order valence-corrected chi connectivity index (χ4v) is 2.82. The van der Waals surface area contributed by atoms with Crippen LogP contribution in [-0.4, -0.2) is 61.7 Å². The van der Waals surface area contributed by atoms with Gasteiger partial charge in [-0.2, -0.15) is 12.7 Å². The lowest BCUT2D eigenvalue weighted by Gasteiger charge is -2.18. The molecule has 138 valence electrons. The summed E-state index contributed by atoms with van der Waals surface area (Å²) in [5.74, 6) is -1.23. The molecule has 0 aliphatic carbocycles. The fourth-order valence-electron chi connectivity index (χ4n) is 2.12. The Hall–Kier alpha value is -2.18. The zero-order valence-corrected chi connectivity index (χ0v) is 15.3. The van der Waals surface area contributed by atoms with Gasteiger partial charge in [0.25, 0.3) is 5.91 Å². The van der Waals surface area contributed by atoms with E-state index in [1.165, 1.54) is 14.1 Å². The molecule has 25 heavy (non-hydrogen) atoms. The van der Waals surface area contributed by atoms with Crippen molar-refractivity contribution in [1.82, 2.24) is 19.6 Å². The highest BCUT2D eigenvalue weighted by Crippen LogP contribution is 2.27. The number of carbonyl (C=O) groups excluding carboxylic acids is 1. The minimum Gasteiger partial charge on any atom is -0.382 e. The summed E-state index contributed by atoms with van der Waals surface area (Å²) in [6.07, 6.45) is 2.01. The minimum atomic E-state index is -3.98. The van der Waals surface area contributed by atoms with Gasteiger partial charge in [0, 0.05) is 27.2 Å². The van der Waals surface area contributed by atoms with Crippen LogP contribution in [0.4, 0.5) is 11.6 Å². The van der Waals surface area contributed by atoms with Gasteiger partial charge in [-0.15, -0.1) is 4.40 Å². The van der Waals surface area contributed by atoms with Gasteiger partial charge in [0.1, 0.15) is 0 Å². The molecule has 11 nitrogen and oxygen atoms in total. The molecule has 2 rings (SSSR count). The maximum absolute atomic E-state index is 12.2. The average molecular weight is 391 g/mol. The summed E-state index contributed by atoms with van der Waals surface area (Å²) in [6, 6.07) is 0. The number of nitrogens with zero attached hydrogens (tertiary/aromatic N) is 5. The number of nitrogen functional groups attached to an aromatic ring is 1. The lowest BCUT2D eigenvalue weighted by Crippen LogP contribution is -2.39. The Labute approximate surface area is 150 Å². The van der Waals surface area contributed by atoms with Crippen LogP contribution in [0.25, 0.3) is 0 Å². The monoisotopic (exact) mass is 390 g/mol. The second kappa shape index (κ2) is 7.37. The normalized spacial score (nSPS) is 15.7. The van der Waals surface area contributed by atoms with E-state index in [4.69, 9.17) is 23.1 Å². The third kappa shape index (κ3) is 4.46. The molecule has 5 N–H and O–H groups in total. The molecule has 0 atom stereocenters. The molecule has 13 heteroatoms. The zero-order valence-electron chi connectivity index (χ0n) is 13.7. The number of nitrogens with two attached hydrogens (primary N) is 2. The van der Waals surface area contributed by atoms with Gasteiger partial charge in [0.05, 0.1) is 0 Å². The molecule has 0 unspecified atom stereocenters. The maximum Gasteiger partial charge on any atom is 0.325 e. The van der Waals surface area contributed by atoms with Crippen LogP contribution in [-0.2, 0) is 10.2 Å². The highest BCUT2D eigenvalue weighted by Gasteiger charge is 2.23. The molecule has 1 aromatic heterocycles. The topological polar surface area (TPSA) is 160 Å². The first kappa shape index (κ1) is 19.1. The predicted molar refractivity (Wildman–Crippen MR) is 94.6 cm³/mol. The Morgan fingerprint density at radius 2 is 1.92 bits per heavy atom. The van der Waals surface area contributed by atoms with Crippen molar-refractivity contribution < 1.29 is 13.2 Å². The van der Waals surface area contributed by atoms with Crippen molar-refractivity contribution in [1.29, 1.82) is 0 Å². The summed E-state index contributed by atoms with van der Waals surface area (Å²) in [7, 11) is -1.44. The lowest BCUT2D eigenvalue weighted by molar-refractivity contribution is 0.0972. The first-order valence-corrected chi connectivity index (χ1v) is 9.06. The van der Waals surface area contributed by atoms with Crippen LogP contribution in [0, 0.1) is 0 Å². The van der Waals surface area contributed by atoms with Gasteiger partial charge < -0.3 is 16.4 Å². The molecular formula is C12H19ClN8O3S. The van der Waals surface area contributed by atoms with Crippen LogP contribution in [0.2, 0.25) is 5.15 Å². The second-order valence-corrected chi connectivity index (χ2v) is 7.62. The smallest absolute Gasteiger partial charge is 0.325 e. The Morgan fingerprint density at radius 3 is 2.48 bits per heavy atom. The molecular weight excluding hydrogens is 372 g/mol. The Bertz CT molecular complexity index is 805. The van der Waals surface area contributed by atoms with E-state index in [-0.39, 0.29) is 16.7 Å². The molecule has 1 fully saturated rings. The Kier molecular flexibility index (Phi) is 5.65. The van der Waals surface area contributed by atoms with Gasteiger partial charge in [-0.3, -0.25) is 10.1 Å². The number of carbonyl (C=O) groups is 1. The van der Waals surface area contributed by atoms with Crippen molar-refractivity contribution >= 4 is 45.3 Å². The van der Waals surface area contributed by atoms with Gasteiger partial charge in [-0.1, -0.05) is 11.6 Å². The van der Waals surface area contributed by atoms with E-state index in [1.807, 2.05) is 4.90 Å². The minimum absolute atomic E-state index is 0.0256. The van der Waals surface area contributed by atoms with E-state index in [2.05, 4.69) is 19.7 Å². The number of aromatic nitrogens is 2. The van der Waals surface area contributed by atoms with E-state index < -0.39 is 22.1 Å². The van der Waals surface area contributed by atoms with Crippen molar-refractivity contribution in [2.24, 2.45) is 10.1 Å². The van der Waals surface area contributed by atoms with Gasteiger partial charge in [-0.05, 0) is 12.8 Å². The molecule has 0 saturated carbocycles. The Morgan fingerprint density at radius 1 is 1.32 bits per heavy atom. The molecule has 1 saturated heterocycles. The third-order valence-electron chi connectivity index (χ3n) is 3.40. The van der Waals surface area contributed by atoms with Crippen LogP contribution >= 0.6 is 11.6 Å². The zero-order chi connectivity index (χ0) is 18.8. The molecule has 0 spiro atoms. The number of nitrogens with one attached hydrogen (secondary N) is 1. The highest BCUT2D eigenvalue weighted by molar-refractivity contribution is 7.87. The molecule has 1 amide bonds. The van der Waals surface area contributed by atoms with Crippen LogP contribution < -0.4 is 21.7 Å². The largest absolute Gasteiger partial charge is 0.382 e. The molecule has 0 bridgehead atoms. The first-order valence-electron chi connectivity index (χ1n) is 7.29. The van der Waals surface area contributed by atoms with E-state index in [0.29, 0.717) is 5.82 Å². The summed E-state index contributed by atoms with van der Waals surface area (Å²) >= 11 is 6.10. The number of hydrogen-bond donors (Lipinski definition) is 3. The summed E-state index contributed by atoms with van der Waals surface area (Å²) in [6.45, 7) is 1.56. The van der Waals surface area contributed by atoms with Gasteiger partial charge in [-0.25, -0.2) is 9.97 Å². The summed E-state index contributed by atoms with van der Waals surface area (Å²) in [4.78, 5) is 22.2. The molecule has 0 radical (unpaired) electrons. The molecule has 2 heterocycles. The number of amides is 1. The van der Waals surface area contributed by atoms with Gasteiger partial charge in [0.2, 0.25) is 5.96 Å². The van der Waals surface area contributed by atoms with Crippen molar-refractivity contribution in [3.63, 3.8) is 0 Å². The van der Waals surface area contributed by atoms with Crippen LogP contribution in [0.15, 0.2) is 4.40 Å². The summed E-state index contributed by atoms with van der Waals surface area (Å²) in [5.41, 5.74) is 10.9. The number of anilines is 2. The number of halogens is 1. The van der Waals surface area contributed by atoms with E-state index in [1.54, 1.807) is 0 Å². The van der Waals surface area contributed by atoms with Crippen molar-refractivity contribution in [2.45, 2.75) is 12.8 Å². The van der Waals surface area contributed by atoms with Crippen molar-refractivity contribution in [2.75, 3.05) is 37.8 Å². The van der Waals surface area contributed by atoms with Crippen molar-refractivity contribution in [3.8, 4) is 0 Å². The van der Waals surface area contributed by atoms with Gasteiger partial charge in [0.15, 0.2) is 22.5 Å². The Balaban J connectivity index is 2.22. The highest BCUT2D eigenvalue weighted by atomic mass is 35.5. The molecule has 1 aliphatic rings. The second-order valence-electron chi connectivity index (χ2n) is 5.46. The number of guanidine groups is 1. The third-order valence-corrected chi connectivity index (χ3v) is 5.00. The van der Waals surface area contributed by atoms with Crippen molar-refractivity contribution in [3.05, 3.63) is 10.8 Å². The molecule has 0 aromatic carbocycles.